The van der Waals surface area contributed by atoms with Gasteiger partial charge in [-0.15, -0.1) is 0 Å². The Kier molecular flexibility index (Phi) is 4.83. The first-order valence-electron chi connectivity index (χ1n) is 9.25. The maximum absolute atomic E-state index is 12.9. The lowest BCUT2D eigenvalue weighted by Gasteiger charge is -2.42. The van der Waals surface area contributed by atoms with Crippen molar-refractivity contribution in [3.05, 3.63) is 30.3 Å². The van der Waals surface area contributed by atoms with Crippen LogP contribution in [0.1, 0.15) is 19.3 Å². The number of likely N-dealkylation sites (tertiary alicyclic amines) is 1. The molecule has 0 radical (unpaired) electrons. The van der Waals surface area contributed by atoms with E-state index in [2.05, 4.69) is 9.80 Å². The molecule has 3 fully saturated rings. The lowest BCUT2D eigenvalue weighted by Crippen LogP contribution is -2.55. The normalized spacial score (nSPS) is 30.0. The maximum atomic E-state index is 12.9. The topological polar surface area (TPSA) is 36.0 Å². The van der Waals surface area contributed by atoms with E-state index in [-0.39, 0.29) is 11.9 Å². The summed E-state index contributed by atoms with van der Waals surface area (Å²) in [5.74, 6) is 0.281. The van der Waals surface area contributed by atoms with E-state index in [9.17, 15) is 4.79 Å². The molecule has 2 atom stereocenters. The number of hydrogen-bond acceptors (Lipinski definition) is 4. The van der Waals surface area contributed by atoms with Crippen LogP contribution in [0.25, 0.3) is 0 Å². The van der Waals surface area contributed by atoms with Crippen LogP contribution in [0.15, 0.2) is 30.3 Å². The maximum Gasteiger partial charge on any atom is 0.244 e. The Labute approximate surface area is 144 Å². The Morgan fingerprint density at radius 3 is 2.50 bits per heavy atom. The molecule has 3 aliphatic rings. The molecule has 1 amide bonds. The van der Waals surface area contributed by atoms with Crippen LogP contribution in [0.4, 0.5) is 5.69 Å². The zero-order chi connectivity index (χ0) is 16.4. The number of carbonyl (C=O) groups is 1. The van der Waals surface area contributed by atoms with E-state index in [1.54, 1.807) is 0 Å². The van der Waals surface area contributed by atoms with Gasteiger partial charge < -0.3 is 9.64 Å². The molecule has 24 heavy (non-hydrogen) atoms. The van der Waals surface area contributed by atoms with Gasteiger partial charge in [-0.2, -0.15) is 0 Å². The summed E-state index contributed by atoms with van der Waals surface area (Å²) in [7, 11) is 0. The number of anilines is 1. The van der Waals surface area contributed by atoms with E-state index in [1.807, 2.05) is 35.2 Å². The second-order valence-corrected chi connectivity index (χ2v) is 7.07. The van der Waals surface area contributed by atoms with Crippen LogP contribution in [0, 0.1) is 0 Å². The number of ether oxygens (including phenoxy) is 1. The summed E-state index contributed by atoms with van der Waals surface area (Å²) in [6.45, 7) is 6.69. The van der Waals surface area contributed by atoms with Gasteiger partial charge >= 0.3 is 0 Å². The van der Waals surface area contributed by atoms with Gasteiger partial charge in [-0.25, -0.2) is 0 Å². The number of rotatable bonds is 3. The fraction of sp³-hybridized carbons (Fsp3) is 0.632. The summed E-state index contributed by atoms with van der Waals surface area (Å²) in [6, 6.07) is 10.7. The molecule has 3 aliphatic heterocycles. The molecule has 0 unspecified atom stereocenters. The first kappa shape index (κ1) is 16.1. The van der Waals surface area contributed by atoms with Crippen molar-refractivity contribution in [2.75, 3.05) is 50.8 Å². The molecule has 4 rings (SSSR count). The highest BCUT2D eigenvalue weighted by Gasteiger charge is 2.39. The summed E-state index contributed by atoms with van der Waals surface area (Å²) in [5.41, 5.74) is 1.03. The molecule has 130 valence electrons. The molecular weight excluding hydrogens is 302 g/mol. The molecular formula is C19H27N3O2. The number of piperidine rings is 1. The molecule has 0 bridgehead atoms. The molecule has 1 aromatic carbocycles. The third kappa shape index (κ3) is 3.21. The summed E-state index contributed by atoms with van der Waals surface area (Å²) in [5, 5.41) is 0. The van der Waals surface area contributed by atoms with Crippen LogP contribution in [0.5, 0.6) is 0 Å². The molecule has 5 heteroatoms. The fourth-order valence-electron chi connectivity index (χ4n) is 4.37. The lowest BCUT2D eigenvalue weighted by molar-refractivity contribution is -0.122. The molecule has 3 saturated heterocycles. The third-order valence-electron chi connectivity index (χ3n) is 5.68. The van der Waals surface area contributed by atoms with Gasteiger partial charge in [-0.05, 0) is 37.9 Å². The van der Waals surface area contributed by atoms with Crippen LogP contribution < -0.4 is 4.90 Å². The van der Waals surface area contributed by atoms with Crippen LogP contribution in [-0.4, -0.2) is 73.7 Å². The van der Waals surface area contributed by atoms with Gasteiger partial charge in [0.15, 0.2) is 0 Å². The highest BCUT2D eigenvalue weighted by molar-refractivity contribution is 5.99. The van der Waals surface area contributed by atoms with Gasteiger partial charge in [0.05, 0.1) is 19.3 Å². The SMILES string of the molecule is O=C1[C@H](N2CCC[C@@H](N3CCOCC3)C2)CCN1c1ccccc1. The van der Waals surface area contributed by atoms with Gasteiger partial charge in [-0.3, -0.25) is 14.6 Å². The van der Waals surface area contributed by atoms with E-state index in [0.717, 1.165) is 58.0 Å². The number of morpholine rings is 1. The Hall–Kier alpha value is -1.43. The van der Waals surface area contributed by atoms with E-state index >= 15 is 0 Å². The minimum Gasteiger partial charge on any atom is -0.379 e. The average Bonchev–Trinajstić information content (AvgIpc) is 3.05. The summed E-state index contributed by atoms with van der Waals surface area (Å²) >= 11 is 0. The summed E-state index contributed by atoms with van der Waals surface area (Å²) < 4.78 is 5.48. The van der Waals surface area contributed by atoms with Gasteiger partial charge in [0, 0.05) is 37.9 Å². The Balaban J connectivity index is 1.41. The minimum atomic E-state index is 0.0639. The van der Waals surface area contributed by atoms with Crippen LogP contribution in [0.3, 0.4) is 0 Å². The van der Waals surface area contributed by atoms with Crippen molar-refractivity contribution in [1.29, 1.82) is 0 Å². The van der Waals surface area contributed by atoms with E-state index in [4.69, 9.17) is 4.74 Å². The van der Waals surface area contributed by atoms with Gasteiger partial charge in [0.1, 0.15) is 0 Å². The molecule has 5 nitrogen and oxygen atoms in total. The van der Waals surface area contributed by atoms with Crippen LogP contribution in [0.2, 0.25) is 0 Å². The predicted octanol–water partition coefficient (Wildman–Crippen LogP) is 1.59. The Morgan fingerprint density at radius 2 is 1.71 bits per heavy atom. The molecule has 0 saturated carbocycles. The monoisotopic (exact) mass is 329 g/mol. The van der Waals surface area contributed by atoms with Crippen molar-refractivity contribution in [2.45, 2.75) is 31.3 Å². The molecule has 0 spiro atoms. The molecule has 3 heterocycles. The van der Waals surface area contributed by atoms with Gasteiger partial charge in [0.2, 0.25) is 5.91 Å². The average molecular weight is 329 g/mol. The standard InChI is InChI=1S/C19H27N3O2/c23-19-18(8-10-22(19)16-5-2-1-3-6-16)21-9-4-7-17(15-21)20-11-13-24-14-12-20/h1-3,5-6,17-18H,4,7-15H2/t17-,18-/m1/s1. The zero-order valence-electron chi connectivity index (χ0n) is 14.3. The highest BCUT2D eigenvalue weighted by atomic mass is 16.5. The van der Waals surface area contributed by atoms with E-state index in [0.29, 0.717) is 6.04 Å². The van der Waals surface area contributed by atoms with Crippen molar-refractivity contribution in [3.63, 3.8) is 0 Å². The van der Waals surface area contributed by atoms with Crippen molar-refractivity contribution in [2.24, 2.45) is 0 Å². The smallest absolute Gasteiger partial charge is 0.244 e. The largest absolute Gasteiger partial charge is 0.379 e. The predicted molar refractivity (Wildman–Crippen MR) is 94.2 cm³/mol. The van der Waals surface area contributed by atoms with Gasteiger partial charge in [-0.1, -0.05) is 18.2 Å². The fourth-order valence-corrected chi connectivity index (χ4v) is 4.37. The molecule has 1 aromatic rings. The minimum absolute atomic E-state index is 0.0639. The number of benzene rings is 1. The second-order valence-electron chi connectivity index (χ2n) is 7.07. The number of carbonyl (C=O) groups excluding carboxylic acids is 1. The van der Waals surface area contributed by atoms with Crippen molar-refractivity contribution >= 4 is 11.6 Å². The van der Waals surface area contributed by atoms with E-state index < -0.39 is 0 Å². The lowest BCUT2D eigenvalue weighted by atomic mass is 10.0. The molecule has 0 N–H and O–H groups in total. The molecule has 0 aliphatic carbocycles. The Bertz CT molecular complexity index is 559. The number of amides is 1. The quantitative estimate of drug-likeness (QED) is 0.844. The Morgan fingerprint density at radius 1 is 0.917 bits per heavy atom. The number of para-hydroxylation sites is 1. The first-order valence-corrected chi connectivity index (χ1v) is 9.25. The summed E-state index contributed by atoms with van der Waals surface area (Å²) in [6.07, 6.45) is 3.39. The van der Waals surface area contributed by atoms with Crippen molar-refractivity contribution in [3.8, 4) is 0 Å². The second kappa shape index (κ2) is 7.21. The zero-order valence-corrected chi connectivity index (χ0v) is 14.3. The number of nitrogens with zero attached hydrogens (tertiary/aromatic N) is 3. The third-order valence-corrected chi connectivity index (χ3v) is 5.68. The summed E-state index contributed by atoms with van der Waals surface area (Å²) in [4.78, 5) is 19.9. The van der Waals surface area contributed by atoms with Gasteiger partial charge in [0.25, 0.3) is 0 Å². The van der Waals surface area contributed by atoms with Crippen LogP contribution in [-0.2, 0) is 9.53 Å². The van der Waals surface area contributed by atoms with Crippen molar-refractivity contribution < 1.29 is 9.53 Å². The van der Waals surface area contributed by atoms with E-state index in [1.165, 1.54) is 12.8 Å². The molecule has 0 aromatic heterocycles. The highest BCUT2D eigenvalue weighted by Crippen LogP contribution is 2.27. The van der Waals surface area contributed by atoms with Crippen molar-refractivity contribution in [1.82, 2.24) is 9.80 Å². The number of hydrogen-bond donors (Lipinski definition) is 0. The first-order chi connectivity index (χ1) is 11.8. The van der Waals surface area contributed by atoms with Crippen LogP contribution >= 0.6 is 0 Å².